The van der Waals surface area contributed by atoms with Crippen LogP contribution in [0.25, 0.3) is 0 Å². The second-order valence-electron chi connectivity index (χ2n) is 4.26. The lowest BCUT2D eigenvalue weighted by Crippen LogP contribution is -2.47. The topological polar surface area (TPSA) is 45.4 Å². The van der Waals surface area contributed by atoms with Gasteiger partial charge in [-0.15, -0.1) is 0 Å². The first kappa shape index (κ1) is 11.5. The Morgan fingerprint density at radius 1 is 1.06 bits per heavy atom. The molecule has 4 nitrogen and oxygen atoms in total. The maximum absolute atomic E-state index is 5.56. The summed E-state index contributed by atoms with van der Waals surface area (Å²) in [6.07, 6.45) is 3.72. The molecule has 1 aliphatic heterocycles. The molecule has 0 aromatic carbocycles. The molecule has 0 aliphatic carbocycles. The van der Waals surface area contributed by atoms with E-state index < -0.39 is 0 Å². The van der Waals surface area contributed by atoms with Crippen LogP contribution in [0.4, 0.5) is 0 Å². The minimum atomic E-state index is 0.768. The molecule has 0 atom stereocenters. The number of hydrogen-bond donors (Lipinski definition) is 1. The molecule has 0 radical (unpaired) electrons. The van der Waals surface area contributed by atoms with Gasteiger partial charge in [-0.25, -0.2) is 0 Å². The molecule has 0 spiro atoms. The highest BCUT2D eigenvalue weighted by molar-refractivity contribution is 5.09. The largest absolute Gasteiger partial charge is 0.329 e. The highest BCUT2D eigenvalue weighted by Gasteiger charge is 2.15. The summed E-state index contributed by atoms with van der Waals surface area (Å²) in [6, 6.07) is 4.18. The summed E-state index contributed by atoms with van der Waals surface area (Å²) in [4.78, 5) is 8.96. The van der Waals surface area contributed by atoms with Crippen LogP contribution in [0.1, 0.15) is 5.56 Å². The second-order valence-corrected chi connectivity index (χ2v) is 4.26. The van der Waals surface area contributed by atoms with E-state index in [9.17, 15) is 0 Å². The molecule has 2 heterocycles. The van der Waals surface area contributed by atoms with E-state index >= 15 is 0 Å². The summed E-state index contributed by atoms with van der Waals surface area (Å²) in [5, 5.41) is 0. The number of nitrogens with zero attached hydrogens (tertiary/aromatic N) is 3. The molecule has 0 unspecified atom stereocenters. The molecule has 0 bridgehead atoms. The van der Waals surface area contributed by atoms with Crippen molar-refractivity contribution in [2.24, 2.45) is 5.73 Å². The first-order valence-corrected chi connectivity index (χ1v) is 5.92. The number of aromatic nitrogens is 1. The molecule has 1 aromatic heterocycles. The van der Waals surface area contributed by atoms with Crippen molar-refractivity contribution in [1.82, 2.24) is 14.8 Å². The summed E-state index contributed by atoms with van der Waals surface area (Å²) in [5.41, 5.74) is 6.90. The van der Waals surface area contributed by atoms with Gasteiger partial charge in [-0.2, -0.15) is 0 Å². The SMILES string of the molecule is NCCN1CCN(Cc2ccncc2)CC1. The van der Waals surface area contributed by atoms with Crippen LogP contribution in [0, 0.1) is 0 Å². The van der Waals surface area contributed by atoms with E-state index in [1.165, 1.54) is 5.56 Å². The Hall–Kier alpha value is -0.970. The van der Waals surface area contributed by atoms with Gasteiger partial charge in [0.1, 0.15) is 0 Å². The summed E-state index contributed by atoms with van der Waals surface area (Å²) in [6.45, 7) is 7.40. The molecule has 1 aromatic rings. The van der Waals surface area contributed by atoms with Crippen molar-refractivity contribution in [3.8, 4) is 0 Å². The highest BCUT2D eigenvalue weighted by atomic mass is 15.3. The summed E-state index contributed by atoms with van der Waals surface area (Å²) in [5.74, 6) is 0. The lowest BCUT2D eigenvalue weighted by atomic mass is 10.2. The van der Waals surface area contributed by atoms with Gasteiger partial charge in [0.25, 0.3) is 0 Å². The fourth-order valence-electron chi connectivity index (χ4n) is 2.10. The van der Waals surface area contributed by atoms with Crippen molar-refractivity contribution in [2.75, 3.05) is 39.3 Å². The van der Waals surface area contributed by atoms with E-state index in [0.29, 0.717) is 0 Å². The van der Waals surface area contributed by atoms with Gasteiger partial charge < -0.3 is 5.73 Å². The van der Waals surface area contributed by atoms with Crippen molar-refractivity contribution in [3.63, 3.8) is 0 Å². The Balaban J connectivity index is 1.77. The predicted octanol–water partition coefficient (Wildman–Crippen LogP) is 0.158. The highest BCUT2D eigenvalue weighted by Crippen LogP contribution is 2.07. The quantitative estimate of drug-likeness (QED) is 0.785. The van der Waals surface area contributed by atoms with Crippen LogP contribution in [0.15, 0.2) is 24.5 Å². The maximum atomic E-state index is 5.56. The van der Waals surface area contributed by atoms with Gasteiger partial charge in [-0.1, -0.05) is 0 Å². The Morgan fingerprint density at radius 2 is 1.69 bits per heavy atom. The monoisotopic (exact) mass is 220 g/mol. The Labute approximate surface area is 97.1 Å². The van der Waals surface area contributed by atoms with Crippen LogP contribution in [-0.4, -0.2) is 54.1 Å². The zero-order chi connectivity index (χ0) is 11.2. The van der Waals surface area contributed by atoms with Crippen LogP contribution in [-0.2, 0) is 6.54 Å². The van der Waals surface area contributed by atoms with Crippen molar-refractivity contribution in [1.29, 1.82) is 0 Å². The standard InChI is InChI=1S/C12H20N4/c13-3-6-15-7-9-16(10-8-15)11-12-1-4-14-5-2-12/h1-2,4-5H,3,6-11,13H2. The zero-order valence-corrected chi connectivity index (χ0v) is 9.68. The number of nitrogens with two attached hydrogens (primary N) is 1. The van der Waals surface area contributed by atoms with Crippen LogP contribution in [0.5, 0.6) is 0 Å². The Kier molecular flexibility index (Phi) is 4.27. The molecule has 0 saturated carbocycles. The number of rotatable bonds is 4. The number of hydrogen-bond acceptors (Lipinski definition) is 4. The summed E-state index contributed by atoms with van der Waals surface area (Å²) < 4.78 is 0. The van der Waals surface area contributed by atoms with Crippen LogP contribution < -0.4 is 5.73 Å². The molecule has 1 saturated heterocycles. The molecule has 2 rings (SSSR count). The molecule has 4 heteroatoms. The predicted molar refractivity (Wildman–Crippen MR) is 65.0 cm³/mol. The molecular weight excluding hydrogens is 200 g/mol. The maximum Gasteiger partial charge on any atom is 0.0271 e. The van der Waals surface area contributed by atoms with Crippen LogP contribution in [0.3, 0.4) is 0 Å². The Morgan fingerprint density at radius 3 is 2.31 bits per heavy atom. The third-order valence-electron chi connectivity index (χ3n) is 3.07. The van der Waals surface area contributed by atoms with Crippen molar-refractivity contribution in [2.45, 2.75) is 6.54 Å². The van der Waals surface area contributed by atoms with Crippen molar-refractivity contribution >= 4 is 0 Å². The average Bonchev–Trinajstić information content (AvgIpc) is 2.33. The van der Waals surface area contributed by atoms with Gasteiger partial charge in [0.15, 0.2) is 0 Å². The fourth-order valence-corrected chi connectivity index (χ4v) is 2.10. The third kappa shape index (κ3) is 3.27. The summed E-state index contributed by atoms with van der Waals surface area (Å²) >= 11 is 0. The first-order valence-electron chi connectivity index (χ1n) is 5.92. The molecule has 0 amide bonds. The van der Waals surface area contributed by atoms with Gasteiger partial charge in [-0.05, 0) is 17.7 Å². The summed E-state index contributed by atoms with van der Waals surface area (Å²) in [7, 11) is 0. The minimum absolute atomic E-state index is 0.768. The van der Waals surface area contributed by atoms with Gasteiger partial charge >= 0.3 is 0 Å². The van der Waals surface area contributed by atoms with E-state index in [4.69, 9.17) is 5.73 Å². The third-order valence-corrected chi connectivity index (χ3v) is 3.07. The van der Waals surface area contributed by atoms with E-state index in [-0.39, 0.29) is 0 Å². The van der Waals surface area contributed by atoms with Gasteiger partial charge in [0, 0.05) is 58.2 Å². The van der Waals surface area contributed by atoms with Gasteiger partial charge in [0.2, 0.25) is 0 Å². The molecule has 88 valence electrons. The lowest BCUT2D eigenvalue weighted by Gasteiger charge is -2.34. The number of piperazine rings is 1. The van der Waals surface area contributed by atoms with Crippen LogP contribution in [0.2, 0.25) is 0 Å². The zero-order valence-electron chi connectivity index (χ0n) is 9.68. The normalized spacial score (nSPS) is 18.8. The first-order chi connectivity index (χ1) is 7.88. The minimum Gasteiger partial charge on any atom is -0.329 e. The lowest BCUT2D eigenvalue weighted by molar-refractivity contribution is 0.130. The molecule has 2 N–H and O–H groups in total. The van der Waals surface area contributed by atoms with E-state index in [1.54, 1.807) is 0 Å². The van der Waals surface area contributed by atoms with Crippen LogP contribution >= 0.6 is 0 Å². The second kappa shape index (κ2) is 5.94. The van der Waals surface area contributed by atoms with Crippen molar-refractivity contribution in [3.05, 3.63) is 30.1 Å². The van der Waals surface area contributed by atoms with E-state index in [2.05, 4.69) is 26.9 Å². The number of pyridine rings is 1. The van der Waals surface area contributed by atoms with Gasteiger partial charge in [-0.3, -0.25) is 14.8 Å². The molecule has 1 aliphatic rings. The van der Waals surface area contributed by atoms with E-state index in [0.717, 1.165) is 45.8 Å². The fraction of sp³-hybridized carbons (Fsp3) is 0.583. The van der Waals surface area contributed by atoms with Gasteiger partial charge in [0.05, 0.1) is 0 Å². The Bertz CT molecular complexity index is 293. The average molecular weight is 220 g/mol. The molecule has 16 heavy (non-hydrogen) atoms. The van der Waals surface area contributed by atoms with Crippen molar-refractivity contribution < 1.29 is 0 Å². The molecular formula is C12H20N4. The smallest absolute Gasteiger partial charge is 0.0271 e. The molecule has 1 fully saturated rings. The van der Waals surface area contributed by atoms with E-state index in [1.807, 2.05) is 12.4 Å².